The number of benzene rings is 1. The maximum atomic E-state index is 12.6. The molecule has 2 aliphatic rings. The van der Waals surface area contributed by atoms with Gasteiger partial charge in [0, 0.05) is 59.4 Å². The molecular weight excluding hydrogens is 388 g/mol. The van der Waals surface area contributed by atoms with Crippen LogP contribution in [-0.2, 0) is 19.1 Å². The molecule has 1 aromatic rings. The predicted octanol–water partition coefficient (Wildman–Crippen LogP) is 0.0990. The van der Waals surface area contributed by atoms with Crippen LogP contribution in [0.5, 0.6) is 5.75 Å². The summed E-state index contributed by atoms with van der Waals surface area (Å²) in [4.78, 5) is 42.3. The Hall–Kier alpha value is -2.65. The number of fused-ring (bicyclic) bond motifs is 1. The van der Waals surface area contributed by atoms with E-state index in [0.717, 1.165) is 6.42 Å². The van der Waals surface area contributed by atoms with Crippen LogP contribution >= 0.6 is 0 Å². The second kappa shape index (κ2) is 10.9. The summed E-state index contributed by atoms with van der Waals surface area (Å²) in [7, 11) is 1.64. The normalized spacial score (nSPS) is 16.8. The number of carbonyl (C=O) groups is 3. The number of nitrogens with zero attached hydrogens (tertiary/aromatic N) is 3. The third kappa shape index (κ3) is 5.93. The van der Waals surface area contributed by atoms with Crippen LogP contribution in [0.3, 0.4) is 0 Å². The Labute approximate surface area is 176 Å². The molecule has 0 radical (unpaired) electrons. The van der Waals surface area contributed by atoms with Crippen LogP contribution in [0.1, 0.15) is 12.8 Å². The van der Waals surface area contributed by atoms with Crippen molar-refractivity contribution in [2.45, 2.75) is 12.8 Å². The van der Waals surface area contributed by atoms with Crippen LogP contribution in [0.4, 0.5) is 5.69 Å². The number of carbonyl (C=O) groups excluding carboxylic acids is 3. The van der Waals surface area contributed by atoms with Gasteiger partial charge in [0.15, 0.2) is 6.61 Å². The first-order valence-corrected chi connectivity index (χ1v) is 10.4. The minimum Gasteiger partial charge on any atom is -0.482 e. The van der Waals surface area contributed by atoms with Crippen molar-refractivity contribution in [3.63, 3.8) is 0 Å². The summed E-state index contributed by atoms with van der Waals surface area (Å²) in [5.41, 5.74) is 0.711. The lowest BCUT2D eigenvalue weighted by Crippen LogP contribution is -2.51. The van der Waals surface area contributed by atoms with Gasteiger partial charge in [-0.3, -0.25) is 19.3 Å². The summed E-state index contributed by atoms with van der Waals surface area (Å²) < 4.78 is 10.4. The topological polar surface area (TPSA) is 91.4 Å². The fraction of sp³-hybridized carbons (Fsp3) is 0.571. The van der Waals surface area contributed by atoms with Gasteiger partial charge < -0.3 is 24.6 Å². The minimum atomic E-state index is -0.136. The number of hydrogen-bond acceptors (Lipinski definition) is 6. The van der Waals surface area contributed by atoms with Gasteiger partial charge in [-0.15, -0.1) is 0 Å². The zero-order chi connectivity index (χ0) is 21.3. The van der Waals surface area contributed by atoms with Crippen molar-refractivity contribution in [1.29, 1.82) is 0 Å². The van der Waals surface area contributed by atoms with Gasteiger partial charge in [-0.25, -0.2) is 0 Å². The molecule has 0 atom stereocenters. The van der Waals surface area contributed by atoms with Crippen molar-refractivity contribution in [2.24, 2.45) is 0 Å². The molecule has 3 amide bonds. The number of methoxy groups -OCH3 is 1. The van der Waals surface area contributed by atoms with E-state index in [1.54, 1.807) is 12.0 Å². The van der Waals surface area contributed by atoms with E-state index >= 15 is 0 Å². The third-order valence-electron chi connectivity index (χ3n) is 5.30. The summed E-state index contributed by atoms with van der Waals surface area (Å²) in [6, 6.07) is 7.36. The first-order chi connectivity index (χ1) is 14.6. The summed E-state index contributed by atoms with van der Waals surface area (Å²) in [5.74, 6) is 0.548. The second-order valence-corrected chi connectivity index (χ2v) is 7.41. The van der Waals surface area contributed by atoms with Gasteiger partial charge in [0.25, 0.3) is 5.91 Å². The van der Waals surface area contributed by atoms with Crippen LogP contribution in [-0.4, -0.2) is 93.7 Å². The molecule has 0 spiro atoms. The van der Waals surface area contributed by atoms with Crippen molar-refractivity contribution in [3.05, 3.63) is 24.3 Å². The SMILES string of the molecule is COCCCNC(=O)CN1CCN(C(=O)CCN2C(=O)COc3ccccc32)CC1. The first kappa shape index (κ1) is 22.0. The van der Waals surface area contributed by atoms with Crippen LogP contribution in [0.15, 0.2) is 24.3 Å². The Morgan fingerprint density at radius 1 is 1.17 bits per heavy atom. The lowest BCUT2D eigenvalue weighted by molar-refractivity contribution is -0.133. The molecule has 1 saturated heterocycles. The molecule has 164 valence electrons. The summed E-state index contributed by atoms with van der Waals surface area (Å²) in [5, 5.41) is 2.88. The van der Waals surface area contributed by atoms with Crippen molar-refractivity contribution in [3.8, 4) is 5.75 Å². The fourth-order valence-electron chi connectivity index (χ4n) is 3.62. The molecule has 0 aliphatic carbocycles. The van der Waals surface area contributed by atoms with Gasteiger partial charge in [-0.05, 0) is 18.6 Å². The molecule has 2 heterocycles. The summed E-state index contributed by atoms with van der Waals surface area (Å²) in [6.45, 7) is 4.41. The van der Waals surface area contributed by atoms with E-state index in [1.165, 1.54) is 0 Å². The number of anilines is 1. The molecule has 0 unspecified atom stereocenters. The Kier molecular flexibility index (Phi) is 8.04. The van der Waals surface area contributed by atoms with E-state index in [-0.39, 0.29) is 30.7 Å². The Bertz CT molecular complexity index is 749. The number of piperazine rings is 1. The molecule has 1 aromatic carbocycles. The molecule has 9 heteroatoms. The highest BCUT2D eigenvalue weighted by molar-refractivity contribution is 5.98. The number of hydrogen-bond donors (Lipinski definition) is 1. The second-order valence-electron chi connectivity index (χ2n) is 7.41. The highest BCUT2D eigenvalue weighted by Crippen LogP contribution is 2.31. The lowest BCUT2D eigenvalue weighted by atomic mass is 10.2. The number of ether oxygens (including phenoxy) is 2. The summed E-state index contributed by atoms with van der Waals surface area (Å²) in [6.07, 6.45) is 1.06. The Morgan fingerprint density at radius 3 is 2.70 bits per heavy atom. The molecule has 0 aromatic heterocycles. The van der Waals surface area contributed by atoms with Gasteiger partial charge in [-0.1, -0.05) is 12.1 Å². The minimum absolute atomic E-state index is 0.00257. The Morgan fingerprint density at radius 2 is 1.93 bits per heavy atom. The largest absolute Gasteiger partial charge is 0.482 e. The zero-order valence-corrected chi connectivity index (χ0v) is 17.5. The average Bonchev–Trinajstić information content (AvgIpc) is 2.76. The van der Waals surface area contributed by atoms with Gasteiger partial charge in [0.05, 0.1) is 12.2 Å². The first-order valence-electron chi connectivity index (χ1n) is 10.4. The molecule has 1 N–H and O–H groups in total. The van der Waals surface area contributed by atoms with E-state index in [1.807, 2.05) is 29.2 Å². The monoisotopic (exact) mass is 418 g/mol. The highest BCUT2D eigenvalue weighted by Gasteiger charge is 2.27. The summed E-state index contributed by atoms with van der Waals surface area (Å²) >= 11 is 0. The van der Waals surface area contributed by atoms with Gasteiger partial charge >= 0.3 is 0 Å². The maximum Gasteiger partial charge on any atom is 0.265 e. The average molecular weight is 418 g/mol. The number of para-hydroxylation sites is 2. The predicted molar refractivity (Wildman–Crippen MR) is 111 cm³/mol. The van der Waals surface area contributed by atoms with Crippen LogP contribution in [0.25, 0.3) is 0 Å². The van der Waals surface area contributed by atoms with E-state index in [4.69, 9.17) is 9.47 Å². The van der Waals surface area contributed by atoms with Crippen LogP contribution < -0.4 is 15.0 Å². The van der Waals surface area contributed by atoms with Gasteiger partial charge in [0.1, 0.15) is 5.75 Å². The van der Waals surface area contributed by atoms with Gasteiger partial charge in [0.2, 0.25) is 11.8 Å². The van der Waals surface area contributed by atoms with E-state index in [2.05, 4.69) is 10.2 Å². The van der Waals surface area contributed by atoms with Crippen LogP contribution in [0, 0.1) is 0 Å². The quantitative estimate of drug-likeness (QED) is 0.572. The molecule has 9 nitrogen and oxygen atoms in total. The van der Waals surface area contributed by atoms with Crippen molar-refractivity contribution < 1.29 is 23.9 Å². The number of rotatable bonds is 9. The number of nitrogens with one attached hydrogen (secondary N) is 1. The van der Waals surface area contributed by atoms with Crippen molar-refractivity contribution >= 4 is 23.4 Å². The smallest absolute Gasteiger partial charge is 0.265 e. The standard InChI is InChI=1S/C21H30N4O5/c1-29-14-4-8-22-19(26)15-23-10-12-24(13-11-23)20(27)7-9-25-17-5-2-3-6-18(17)30-16-21(25)28/h2-3,5-6H,4,7-16H2,1H3,(H,22,26). The highest BCUT2D eigenvalue weighted by atomic mass is 16.5. The van der Waals surface area contributed by atoms with E-state index in [9.17, 15) is 14.4 Å². The van der Waals surface area contributed by atoms with Gasteiger partial charge in [-0.2, -0.15) is 0 Å². The molecule has 0 bridgehead atoms. The molecule has 1 fully saturated rings. The zero-order valence-electron chi connectivity index (χ0n) is 17.5. The maximum absolute atomic E-state index is 12.6. The fourth-order valence-corrected chi connectivity index (χ4v) is 3.62. The van der Waals surface area contributed by atoms with Crippen LogP contribution in [0.2, 0.25) is 0 Å². The Balaban J connectivity index is 1.40. The molecule has 0 saturated carbocycles. The molecular formula is C21H30N4O5. The van der Waals surface area contributed by atoms with Crippen molar-refractivity contribution in [2.75, 3.05) is 71.0 Å². The number of amides is 3. The molecule has 3 rings (SSSR count). The van der Waals surface area contributed by atoms with E-state index < -0.39 is 0 Å². The molecule has 30 heavy (non-hydrogen) atoms. The van der Waals surface area contributed by atoms with Crippen molar-refractivity contribution in [1.82, 2.24) is 15.1 Å². The lowest BCUT2D eigenvalue weighted by Gasteiger charge is -2.35. The van der Waals surface area contributed by atoms with E-state index in [0.29, 0.717) is 63.9 Å². The third-order valence-corrected chi connectivity index (χ3v) is 5.30. The molecule has 2 aliphatic heterocycles.